The van der Waals surface area contributed by atoms with Crippen LogP contribution in [0.15, 0.2) is 66.7 Å². The second-order valence-corrected chi connectivity index (χ2v) is 32.1. The number of hydrogen-bond donors (Lipinski definition) is 3. The van der Waals surface area contributed by atoms with Gasteiger partial charge in [-0.05, 0) is 209 Å². The highest BCUT2D eigenvalue weighted by atomic mass is 35.5. The molecule has 24 heteroatoms. The summed E-state index contributed by atoms with van der Waals surface area (Å²) in [4.78, 5) is 75.7. The van der Waals surface area contributed by atoms with E-state index in [-0.39, 0.29) is 85.8 Å². The molecule has 11 rings (SSSR count). The third-order valence-corrected chi connectivity index (χ3v) is 20.6. The lowest BCUT2D eigenvalue weighted by atomic mass is 9.60. The molecule has 96 heavy (non-hydrogen) atoms. The lowest BCUT2D eigenvalue weighted by Gasteiger charge is -2.61. The summed E-state index contributed by atoms with van der Waals surface area (Å²) in [5.41, 5.74) is 4.84. The summed E-state index contributed by atoms with van der Waals surface area (Å²) in [6, 6.07) is 20.8. The maximum absolute atomic E-state index is 12.3. The van der Waals surface area contributed by atoms with E-state index >= 15 is 0 Å². The Kier molecular flexibility index (Phi) is 25.8. The summed E-state index contributed by atoms with van der Waals surface area (Å²) in [6.45, 7) is 22.7. The van der Waals surface area contributed by atoms with Crippen LogP contribution in [0.2, 0.25) is 30.1 Å². The predicted molar refractivity (Wildman–Crippen MR) is 381 cm³/mol. The molecule has 3 saturated carbocycles. The molecule has 3 saturated heterocycles. The maximum atomic E-state index is 12.3. The van der Waals surface area contributed by atoms with Crippen LogP contribution in [-0.2, 0) is 46.2 Å². The standard InChI is InChI=1S/C26H32Cl2N4O2.C23H32Cl2N2O4.C22H30Cl2N2O4.CH4/c1-31(23(12-24(33)34)18-9-19(27)11-20(28)10-18)22-13-26(14-22)15-32(16-26)8-6-21-5-4-17-3-2-7-29-25(17)30-21;1-6-30-20(28)10-19(15-7-16(24)9-17(25)8-15)26(5)18-11-23(12-18)13-27(14-23)21(29)31-22(2,3)4;1-5-29-19(27)9-18(14-6-15(23)8-16(24)7-14)25-17-10-22(11-17)12-26(13-22)20(28)30-21(2,3)4;/h4-5,9-11,22-23H,2-3,6-8,12-16H2,1H3,(H,29,30)(H,33,34);7-9,18-19H,6,10-14H2,1-5H3;6-8,17-18,25H,5,9-13H2,1-4H3;1H4/t23-;19-;18-;/m000./s1. The number of amides is 2. The highest BCUT2D eigenvalue weighted by Crippen LogP contribution is 2.54. The molecule has 1 aromatic heterocycles. The van der Waals surface area contributed by atoms with E-state index in [0.29, 0.717) is 73.9 Å². The number of carboxylic acids is 1. The number of carbonyl (C=O) groups excluding carboxylic acids is 4. The SMILES string of the molecule is C.CCOC(=O)C[C@@H](c1cc(Cl)cc(Cl)c1)N(C)C1CC2(C1)CN(C(=O)OC(C)(C)C)C2.CCOC(=O)C[C@H](NC1CC2(C1)CN(C(=O)OC(C)(C)C)C2)c1cc(Cl)cc(Cl)c1.CN(C1CC2(C1)CN(CCc1ccc3c(n1)NCCC3)C2)[C@@H](CC(=O)O)c1cc(Cl)cc(Cl)c1. The molecule has 3 N–H and O–H groups in total. The number of benzene rings is 3. The molecule has 0 radical (unpaired) electrons. The molecular formula is C72H98Cl6N8O10. The van der Waals surface area contributed by atoms with Gasteiger partial charge in [0.1, 0.15) is 17.0 Å². The summed E-state index contributed by atoms with van der Waals surface area (Å²) in [5.74, 6) is -0.252. The third kappa shape index (κ3) is 20.4. The summed E-state index contributed by atoms with van der Waals surface area (Å²) < 4.78 is 21.2. The molecule has 5 heterocycles. The van der Waals surface area contributed by atoms with Gasteiger partial charge >= 0.3 is 30.1 Å². The summed E-state index contributed by atoms with van der Waals surface area (Å²) in [6.07, 6.45) is 9.29. The zero-order valence-corrected chi connectivity index (χ0v) is 61.0. The van der Waals surface area contributed by atoms with Gasteiger partial charge in [0.05, 0.1) is 32.5 Å². The van der Waals surface area contributed by atoms with Gasteiger partial charge in [-0.3, -0.25) is 24.2 Å². The van der Waals surface area contributed by atoms with Gasteiger partial charge in [0.25, 0.3) is 0 Å². The minimum Gasteiger partial charge on any atom is -0.481 e. The van der Waals surface area contributed by atoms with Gasteiger partial charge in [-0.15, -0.1) is 0 Å². The Morgan fingerprint density at radius 3 is 1.47 bits per heavy atom. The Bertz CT molecular complexity index is 3320. The van der Waals surface area contributed by atoms with E-state index in [1.165, 1.54) is 12.0 Å². The second kappa shape index (κ2) is 32.2. The number of rotatable bonds is 20. The number of anilines is 1. The van der Waals surface area contributed by atoms with Crippen molar-refractivity contribution in [1.82, 2.24) is 34.8 Å². The number of esters is 2. The van der Waals surface area contributed by atoms with Gasteiger partial charge in [-0.1, -0.05) is 83.1 Å². The predicted octanol–water partition coefficient (Wildman–Crippen LogP) is 15.8. The summed E-state index contributed by atoms with van der Waals surface area (Å²) >= 11 is 37.2. The molecule has 3 aliphatic carbocycles. The van der Waals surface area contributed by atoms with Gasteiger partial charge in [0, 0.05) is 142 Å². The fourth-order valence-corrected chi connectivity index (χ4v) is 16.5. The molecule has 4 aromatic rings. The maximum Gasteiger partial charge on any atom is 0.410 e. The van der Waals surface area contributed by atoms with E-state index in [0.717, 1.165) is 119 Å². The number of aliphatic carboxylic acids is 1. The van der Waals surface area contributed by atoms with Crippen molar-refractivity contribution in [1.29, 1.82) is 0 Å². The average molecular weight is 1450 g/mol. The van der Waals surface area contributed by atoms with E-state index < -0.39 is 17.2 Å². The van der Waals surface area contributed by atoms with Crippen molar-refractivity contribution < 1.29 is 48.0 Å². The first-order chi connectivity index (χ1) is 44.7. The van der Waals surface area contributed by atoms with Crippen LogP contribution in [-0.4, -0.2) is 174 Å². The second-order valence-electron chi connectivity index (χ2n) is 29.5. The van der Waals surface area contributed by atoms with Crippen LogP contribution >= 0.6 is 69.6 Å². The van der Waals surface area contributed by atoms with Crippen molar-refractivity contribution in [3.05, 3.63) is 125 Å². The van der Waals surface area contributed by atoms with Crippen LogP contribution in [0.4, 0.5) is 15.4 Å². The Labute approximate surface area is 597 Å². The fraction of sp³-hybridized carbons (Fsp3) is 0.611. The Hall–Kier alpha value is -4.86. The number of aryl methyl sites for hydroxylation is 1. The number of carboxylic acid groups (broad SMARTS) is 1. The molecule has 528 valence electrons. The van der Waals surface area contributed by atoms with Gasteiger partial charge in [0.15, 0.2) is 0 Å². The summed E-state index contributed by atoms with van der Waals surface area (Å²) in [7, 11) is 4.06. The molecule has 18 nitrogen and oxygen atoms in total. The minimum atomic E-state index is -0.817. The molecule has 2 amide bonds. The molecule has 0 unspecified atom stereocenters. The number of nitrogens with zero attached hydrogens (tertiary/aromatic N) is 6. The first kappa shape index (κ1) is 76.9. The molecular weight excluding hydrogens is 1350 g/mol. The zero-order chi connectivity index (χ0) is 69.0. The van der Waals surface area contributed by atoms with E-state index in [1.54, 1.807) is 41.8 Å². The van der Waals surface area contributed by atoms with E-state index in [2.05, 4.69) is 37.5 Å². The molecule has 7 aliphatic rings. The highest BCUT2D eigenvalue weighted by Gasteiger charge is 2.57. The summed E-state index contributed by atoms with van der Waals surface area (Å²) in [5, 5.41) is 19.7. The van der Waals surface area contributed by atoms with Crippen molar-refractivity contribution >= 4 is 106 Å². The van der Waals surface area contributed by atoms with Crippen molar-refractivity contribution in [2.45, 2.75) is 187 Å². The Balaban J connectivity index is 0.000000184. The quantitative estimate of drug-likeness (QED) is 0.0558. The molecule has 3 aromatic carbocycles. The first-order valence-electron chi connectivity index (χ1n) is 33.2. The number of fused-ring (bicyclic) bond motifs is 1. The molecule has 0 bridgehead atoms. The van der Waals surface area contributed by atoms with Gasteiger partial charge in [-0.25, -0.2) is 14.6 Å². The van der Waals surface area contributed by atoms with Crippen LogP contribution in [0.3, 0.4) is 0 Å². The van der Waals surface area contributed by atoms with E-state index in [9.17, 15) is 29.1 Å². The number of likely N-dealkylation sites (tertiary alicyclic amines) is 3. The lowest BCUT2D eigenvalue weighted by Crippen LogP contribution is -2.67. The number of ether oxygens (including phenoxy) is 4. The van der Waals surface area contributed by atoms with Crippen LogP contribution in [0, 0.1) is 16.2 Å². The minimum absolute atomic E-state index is 0. The van der Waals surface area contributed by atoms with Crippen LogP contribution in [0.25, 0.3) is 0 Å². The lowest BCUT2D eigenvalue weighted by molar-refractivity contribution is -0.147. The number of carbonyl (C=O) groups is 5. The van der Waals surface area contributed by atoms with Crippen LogP contribution in [0.1, 0.15) is 173 Å². The van der Waals surface area contributed by atoms with Gasteiger partial charge in [0.2, 0.25) is 0 Å². The number of nitrogens with one attached hydrogen (secondary N) is 2. The van der Waals surface area contributed by atoms with Crippen molar-refractivity contribution in [2.75, 3.05) is 85.0 Å². The smallest absolute Gasteiger partial charge is 0.410 e. The number of hydrogen-bond acceptors (Lipinski definition) is 15. The van der Waals surface area contributed by atoms with Crippen molar-refractivity contribution in [3.63, 3.8) is 0 Å². The molecule has 4 aliphatic heterocycles. The third-order valence-electron chi connectivity index (χ3n) is 19.3. The molecule has 6 fully saturated rings. The van der Waals surface area contributed by atoms with Crippen molar-refractivity contribution in [2.24, 2.45) is 16.2 Å². The number of aromatic nitrogens is 1. The van der Waals surface area contributed by atoms with E-state index in [4.69, 9.17) is 93.5 Å². The monoisotopic (exact) mass is 1440 g/mol. The topological polar surface area (TPSA) is 196 Å². The Morgan fingerprint density at radius 2 is 1.03 bits per heavy atom. The fourth-order valence-electron chi connectivity index (χ4n) is 14.9. The highest BCUT2D eigenvalue weighted by molar-refractivity contribution is 6.35. The molecule has 3 atom stereocenters. The average Bonchev–Trinajstić information content (AvgIpc) is 0.745. The van der Waals surface area contributed by atoms with Crippen molar-refractivity contribution in [3.8, 4) is 0 Å². The largest absolute Gasteiger partial charge is 0.481 e. The van der Waals surface area contributed by atoms with Gasteiger partial charge < -0.3 is 49.4 Å². The first-order valence-corrected chi connectivity index (χ1v) is 35.5. The molecule has 3 spiro atoms. The number of halogens is 6. The number of pyridine rings is 1. The van der Waals surface area contributed by atoms with E-state index in [1.807, 2.05) is 92.0 Å². The van der Waals surface area contributed by atoms with Gasteiger partial charge in [-0.2, -0.15) is 0 Å². The van der Waals surface area contributed by atoms with Crippen LogP contribution < -0.4 is 10.6 Å². The normalized spacial score (nSPS) is 20.4. The van der Waals surface area contributed by atoms with Crippen LogP contribution in [0.5, 0.6) is 0 Å². The Morgan fingerprint density at radius 1 is 0.615 bits per heavy atom. The zero-order valence-electron chi connectivity index (χ0n) is 56.4.